The summed E-state index contributed by atoms with van der Waals surface area (Å²) in [7, 11) is 0. The molecule has 2 atom stereocenters. The Bertz CT molecular complexity index is 382. The normalized spacial score (nSPS) is 24.7. The van der Waals surface area contributed by atoms with Crippen molar-refractivity contribution < 1.29 is 5.11 Å². The Kier molecular flexibility index (Phi) is 4.10. The van der Waals surface area contributed by atoms with Gasteiger partial charge in [-0.05, 0) is 59.8 Å². The van der Waals surface area contributed by atoms with Gasteiger partial charge in [0.2, 0.25) is 0 Å². The molecule has 0 spiro atoms. The van der Waals surface area contributed by atoms with E-state index in [4.69, 9.17) is 0 Å². The highest BCUT2D eigenvalue weighted by Gasteiger charge is 2.23. The van der Waals surface area contributed by atoms with E-state index in [1.807, 2.05) is 0 Å². The number of hydrogen-bond acceptors (Lipinski definition) is 2. The van der Waals surface area contributed by atoms with Crippen LogP contribution in [-0.2, 0) is 0 Å². The summed E-state index contributed by atoms with van der Waals surface area (Å²) in [4.78, 5) is 0. The van der Waals surface area contributed by atoms with Crippen molar-refractivity contribution in [2.75, 3.05) is 5.32 Å². The summed E-state index contributed by atoms with van der Waals surface area (Å²) in [6, 6.07) is 4.48. The number of aliphatic hydroxyl groups excluding tert-OH is 1. The van der Waals surface area contributed by atoms with Crippen molar-refractivity contribution >= 4 is 21.6 Å². The summed E-state index contributed by atoms with van der Waals surface area (Å²) >= 11 is 3.60. The van der Waals surface area contributed by atoms with Crippen LogP contribution in [0.3, 0.4) is 0 Å². The molecule has 1 aliphatic carbocycles. The van der Waals surface area contributed by atoms with E-state index in [0.717, 1.165) is 29.4 Å². The molecule has 17 heavy (non-hydrogen) atoms. The van der Waals surface area contributed by atoms with Gasteiger partial charge in [-0.15, -0.1) is 0 Å². The highest BCUT2D eigenvalue weighted by Crippen LogP contribution is 2.31. The summed E-state index contributed by atoms with van der Waals surface area (Å²) in [5.41, 5.74) is 3.61. The van der Waals surface area contributed by atoms with E-state index in [0.29, 0.717) is 0 Å². The third-order valence-corrected chi connectivity index (χ3v) is 4.12. The zero-order chi connectivity index (χ0) is 12.4. The molecule has 0 radical (unpaired) electrons. The molecule has 1 fully saturated rings. The van der Waals surface area contributed by atoms with Crippen LogP contribution in [-0.4, -0.2) is 17.3 Å². The van der Waals surface area contributed by atoms with Crippen LogP contribution in [0, 0.1) is 13.8 Å². The molecule has 3 heteroatoms. The molecule has 0 aliphatic heterocycles. The average Bonchev–Trinajstić information content (AvgIpc) is 2.25. The molecular weight excluding hydrogens is 278 g/mol. The number of hydrogen-bond donors (Lipinski definition) is 2. The average molecular weight is 298 g/mol. The summed E-state index contributed by atoms with van der Waals surface area (Å²) in [5.74, 6) is 0. The van der Waals surface area contributed by atoms with Gasteiger partial charge in [0.25, 0.3) is 0 Å². The highest BCUT2D eigenvalue weighted by atomic mass is 79.9. The second-order valence-electron chi connectivity index (χ2n) is 5.04. The monoisotopic (exact) mass is 297 g/mol. The third-order valence-electron chi connectivity index (χ3n) is 3.49. The van der Waals surface area contributed by atoms with Crippen LogP contribution in [0.2, 0.25) is 0 Å². The fourth-order valence-corrected chi connectivity index (χ4v) is 3.35. The lowest BCUT2D eigenvalue weighted by molar-refractivity contribution is 0.116. The smallest absolute Gasteiger partial charge is 0.0741 e. The fourth-order valence-electron chi connectivity index (χ4n) is 2.56. The Morgan fingerprint density at radius 1 is 1.24 bits per heavy atom. The molecule has 1 aromatic carbocycles. The quantitative estimate of drug-likeness (QED) is 0.871. The van der Waals surface area contributed by atoms with Gasteiger partial charge in [-0.25, -0.2) is 0 Å². The van der Waals surface area contributed by atoms with Gasteiger partial charge in [0.05, 0.1) is 17.8 Å². The second kappa shape index (κ2) is 5.40. The van der Waals surface area contributed by atoms with E-state index in [1.54, 1.807) is 0 Å². The van der Waals surface area contributed by atoms with Crippen molar-refractivity contribution in [3.63, 3.8) is 0 Å². The van der Waals surface area contributed by atoms with Crippen LogP contribution in [0.25, 0.3) is 0 Å². The summed E-state index contributed by atoms with van der Waals surface area (Å²) in [6.07, 6.45) is 4.11. The Hall–Kier alpha value is -0.540. The summed E-state index contributed by atoms with van der Waals surface area (Å²) < 4.78 is 1.09. The van der Waals surface area contributed by atoms with Gasteiger partial charge in [-0.2, -0.15) is 0 Å². The maximum atomic E-state index is 9.99. The Labute approximate surface area is 112 Å². The minimum atomic E-state index is -0.212. The number of benzene rings is 1. The van der Waals surface area contributed by atoms with Gasteiger partial charge in [-0.3, -0.25) is 0 Å². The van der Waals surface area contributed by atoms with E-state index in [-0.39, 0.29) is 12.1 Å². The van der Waals surface area contributed by atoms with Crippen LogP contribution in [0.4, 0.5) is 5.69 Å². The van der Waals surface area contributed by atoms with Crippen molar-refractivity contribution in [2.24, 2.45) is 0 Å². The van der Waals surface area contributed by atoms with E-state index in [9.17, 15) is 5.11 Å². The SMILES string of the molecule is Cc1cc(C)c(N[C@@H]2CCCC[C@H]2O)c(Br)c1. The van der Waals surface area contributed by atoms with Crippen molar-refractivity contribution in [2.45, 2.75) is 51.7 Å². The van der Waals surface area contributed by atoms with E-state index >= 15 is 0 Å². The fraction of sp³-hybridized carbons (Fsp3) is 0.571. The van der Waals surface area contributed by atoms with Crippen molar-refractivity contribution in [1.29, 1.82) is 0 Å². The van der Waals surface area contributed by atoms with Crippen LogP contribution in [0.5, 0.6) is 0 Å². The van der Waals surface area contributed by atoms with Gasteiger partial charge in [-0.1, -0.05) is 18.9 Å². The molecule has 0 saturated heterocycles. The molecule has 2 rings (SSSR count). The molecule has 0 amide bonds. The lowest BCUT2D eigenvalue weighted by atomic mass is 9.92. The number of anilines is 1. The zero-order valence-electron chi connectivity index (χ0n) is 10.5. The van der Waals surface area contributed by atoms with Gasteiger partial charge in [0, 0.05) is 4.47 Å². The molecule has 2 nitrogen and oxygen atoms in total. The predicted molar refractivity (Wildman–Crippen MR) is 75.5 cm³/mol. The van der Waals surface area contributed by atoms with E-state index < -0.39 is 0 Å². The molecular formula is C14H20BrNO. The summed E-state index contributed by atoms with van der Waals surface area (Å²) in [5, 5.41) is 13.5. The number of aryl methyl sites for hydroxylation is 2. The lowest BCUT2D eigenvalue weighted by Gasteiger charge is -2.30. The van der Waals surface area contributed by atoms with E-state index in [1.165, 1.54) is 17.5 Å². The molecule has 1 saturated carbocycles. The van der Waals surface area contributed by atoms with Gasteiger partial charge in [0.15, 0.2) is 0 Å². The third kappa shape index (κ3) is 3.02. The minimum absolute atomic E-state index is 0.196. The lowest BCUT2D eigenvalue weighted by Crippen LogP contribution is -2.36. The Morgan fingerprint density at radius 3 is 2.59 bits per heavy atom. The van der Waals surface area contributed by atoms with Gasteiger partial charge >= 0.3 is 0 Å². The molecule has 0 bridgehead atoms. The molecule has 0 heterocycles. The predicted octanol–water partition coefficient (Wildman–Crippen LogP) is 3.78. The molecule has 94 valence electrons. The van der Waals surface area contributed by atoms with Gasteiger partial charge < -0.3 is 10.4 Å². The highest BCUT2D eigenvalue weighted by molar-refractivity contribution is 9.10. The topological polar surface area (TPSA) is 32.3 Å². The maximum Gasteiger partial charge on any atom is 0.0741 e. The number of aliphatic hydroxyl groups is 1. The molecule has 0 aromatic heterocycles. The van der Waals surface area contributed by atoms with Crippen LogP contribution in [0.15, 0.2) is 16.6 Å². The molecule has 0 unspecified atom stereocenters. The van der Waals surface area contributed by atoms with Crippen molar-refractivity contribution in [3.8, 4) is 0 Å². The van der Waals surface area contributed by atoms with Crippen molar-refractivity contribution in [1.82, 2.24) is 0 Å². The second-order valence-corrected chi connectivity index (χ2v) is 5.90. The molecule has 2 N–H and O–H groups in total. The Balaban J connectivity index is 2.17. The van der Waals surface area contributed by atoms with E-state index in [2.05, 4.69) is 47.2 Å². The first kappa shape index (κ1) is 12.9. The first-order valence-corrected chi connectivity index (χ1v) is 7.08. The number of nitrogens with one attached hydrogen (secondary N) is 1. The number of rotatable bonds is 2. The molecule has 1 aromatic rings. The van der Waals surface area contributed by atoms with Crippen LogP contribution < -0.4 is 5.32 Å². The largest absolute Gasteiger partial charge is 0.391 e. The first-order valence-electron chi connectivity index (χ1n) is 6.29. The number of halogens is 1. The van der Waals surface area contributed by atoms with Crippen molar-refractivity contribution in [3.05, 3.63) is 27.7 Å². The maximum absolute atomic E-state index is 9.99. The molecule has 1 aliphatic rings. The zero-order valence-corrected chi connectivity index (χ0v) is 12.0. The van der Waals surface area contributed by atoms with Crippen LogP contribution in [0.1, 0.15) is 36.8 Å². The summed E-state index contributed by atoms with van der Waals surface area (Å²) in [6.45, 7) is 4.20. The van der Waals surface area contributed by atoms with Crippen LogP contribution >= 0.6 is 15.9 Å². The minimum Gasteiger partial charge on any atom is -0.391 e. The first-order chi connectivity index (χ1) is 8.08. The standard InChI is InChI=1S/C14H20BrNO/c1-9-7-10(2)14(11(15)8-9)16-12-5-3-4-6-13(12)17/h7-8,12-13,16-17H,3-6H2,1-2H3/t12-,13-/m1/s1. The van der Waals surface area contributed by atoms with Gasteiger partial charge in [0.1, 0.15) is 0 Å². The Morgan fingerprint density at radius 2 is 1.94 bits per heavy atom.